The van der Waals surface area contributed by atoms with Gasteiger partial charge >= 0.3 is 402 Å². The van der Waals surface area contributed by atoms with Crippen molar-refractivity contribution >= 4 is 25.0 Å². The van der Waals surface area contributed by atoms with Gasteiger partial charge in [0.05, 0.1) is 0 Å². The minimum atomic E-state index is -5.40. The monoisotopic (exact) mass is 954 g/mol. The molecule has 6 aromatic carbocycles. The Labute approximate surface area is 399 Å². The van der Waals surface area contributed by atoms with Gasteiger partial charge in [-0.2, -0.15) is 0 Å². The molecule has 2 nitrogen and oxygen atoms in total. The van der Waals surface area contributed by atoms with Crippen LogP contribution in [0.5, 0.6) is 11.5 Å². The van der Waals surface area contributed by atoms with Crippen molar-refractivity contribution < 1.29 is 26.8 Å². The number of rotatable bonds is 6. The number of benzene rings is 6. The molecule has 0 bridgehead atoms. The molecule has 1 aliphatic heterocycles. The quantitative estimate of drug-likeness (QED) is 0.155. The molecular weight excluding hydrogens is 896 g/mol. The maximum absolute atomic E-state index is 8.61. The molecule has 328 valence electrons. The Morgan fingerprint density at radius 2 is 0.894 bits per heavy atom. The molecule has 11 rings (SSSR count). The van der Waals surface area contributed by atoms with Crippen LogP contribution in [0.15, 0.2) is 181 Å². The van der Waals surface area contributed by atoms with Gasteiger partial charge in [0.2, 0.25) is 0 Å². The van der Waals surface area contributed by atoms with Gasteiger partial charge in [0.25, 0.3) is 0 Å². The number of hydrogen-bond acceptors (Lipinski definition) is 2. The summed E-state index contributed by atoms with van der Waals surface area (Å²) in [7, 11) is -2.75. The third-order valence-corrected chi connectivity index (χ3v) is 26.7. The summed E-state index contributed by atoms with van der Waals surface area (Å²) in [4.78, 5) is 0. The van der Waals surface area contributed by atoms with Crippen LogP contribution in [0, 0.1) is 13.8 Å². The van der Waals surface area contributed by atoms with Crippen LogP contribution in [0.3, 0.4) is 0 Å². The van der Waals surface area contributed by atoms with Crippen molar-refractivity contribution in [2.45, 2.75) is 91.1 Å². The zero-order chi connectivity index (χ0) is 45.9. The van der Waals surface area contributed by atoms with Crippen molar-refractivity contribution in [3.8, 4) is 33.8 Å². The van der Waals surface area contributed by atoms with Gasteiger partial charge in [-0.1, -0.05) is 0 Å². The Balaban J connectivity index is 1.41. The topological polar surface area (TPSA) is 18.5 Å². The zero-order valence-corrected chi connectivity index (χ0v) is 43.6. The van der Waals surface area contributed by atoms with E-state index in [9.17, 15) is 0 Å². The Kier molecular flexibility index (Phi) is 10.1. The third kappa shape index (κ3) is 6.64. The predicted molar refractivity (Wildman–Crippen MR) is 277 cm³/mol. The minimum absolute atomic E-state index is 0.0655. The molecule has 0 saturated heterocycles. The van der Waals surface area contributed by atoms with Crippen molar-refractivity contribution in [3.63, 3.8) is 0 Å². The number of hydrogen-bond donors (Lipinski definition) is 0. The van der Waals surface area contributed by atoms with Crippen LogP contribution in [0.1, 0.15) is 97.9 Å². The first-order valence-corrected chi connectivity index (χ1v) is 31.3. The second-order valence-electron chi connectivity index (χ2n) is 21.7. The molecule has 0 aromatic heterocycles. The van der Waals surface area contributed by atoms with Crippen molar-refractivity contribution in [2.75, 3.05) is 0 Å². The fourth-order valence-corrected chi connectivity index (χ4v) is 26.4. The van der Waals surface area contributed by atoms with Crippen LogP contribution in [0.25, 0.3) is 28.8 Å². The van der Waals surface area contributed by atoms with Gasteiger partial charge in [-0.25, -0.2) is 0 Å². The predicted octanol–water partition coefficient (Wildman–Crippen LogP) is 15.1. The number of allylic oxidation sites excluding steroid dienone is 10. The molecule has 2 atom stereocenters. The van der Waals surface area contributed by atoms with Gasteiger partial charge in [-0.05, 0) is 0 Å². The van der Waals surface area contributed by atoms with Gasteiger partial charge < -0.3 is 0 Å². The standard InChI is InChI=1S/C40H30Si.2C11H16O.Zr/c1-41(2,39-33(27-13-5-3-6-14-27)21-23-35-31-19-11-9-17-29(31)25-37(35)39)40-34(28-15-7-4-8-16-28)22-24-36-32-20-12-10-18-30(32)26-38(36)40;2*1-8-5-6-10(12)9(7-8)11(2,3)4;/h3-24,31-32H,1-2H3;2*5-7,12H,1-4H3;/q;;;+2/p-2. The van der Waals surface area contributed by atoms with E-state index in [1.165, 1.54) is 94.8 Å². The first-order chi connectivity index (χ1) is 31.6. The molecule has 2 unspecified atom stereocenters. The van der Waals surface area contributed by atoms with Gasteiger partial charge in [0, 0.05) is 0 Å². The molecular formula is C62H60O2SiZr. The molecule has 4 heteroatoms. The van der Waals surface area contributed by atoms with E-state index in [1.54, 1.807) is 0 Å². The summed E-state index contributed by atoms with van der Waals surface area (Å²) in [5, 5.41) is 2.96. The van der Waals surface area contributed by atoms with Crippen LogP contribution in [-0.4, -0.2) is 8.07 Å². The number of fused-ring (bicyclic) bond motifs is 4. The molecule has 0 N–H and O–H groups in total. The number of aryl methyl sites for hydroxylation is 2. The van der Waals surface area contributed by atoms with Gasteiger partial charge in [0.1, 0.15) is 0 Å². The summed E-state index contributed by atoms with van der Waals surface area (Å²) in [6, 6.07) is 45.9. The Morgan fingerprint density at radius 1 is 0.485 bits per heavy atom. The molecule has 1 heterocycles. The summed E-state index contributed by atoms with van der Waals surface area (Å²) >= 11 is -5.40. The zero-order valence-electron chi connectivity index (χ0n) is 40.1. The first-order valence-electron chi connectivity index (χ1n) is 23.8. The molecule has 0 fully saturated rings. The molecule has 0 saturated carbocycles. The van der Waals surface area contributed by atoms with E-state index in [1.807, 2.05) is 0 Å². The molecule has 5 aliphatic rings. The Bertz CT molecular complexity index is 2980. The average molecular weight is 956 g/mol. The van der Waals surface area contributed by atoms with Crippen LogP contribution in [-0.2, 0) is 32.0 Å². The van der Waals surface area contributed by atoms with Crippen molar-refractivity contribution in [3.05, 3.63) is 226 Å². The van der Waals surface area contributed by atoms with Gasteiger partial charge in [-0.3, -0.25) is 0 Å². The SMILES string of the molecule is Cc1ccc([O][Zr]2([O]c3ccc(C)cc3C(C)(C)C)[C]3=C4C=CC=CC4c4ccc(-c5ccccc5)c(c43)[Si](C)(C)c3c(-c4ccccc4)ccc4c3[C]2=C2C=CC=CC24)c(C(C)(C)C)c1. The van der Waals surface area contributed by atoms with Crippen LogP contribution in [0.2, 0.25) is 13.1 Å². The fraction of sp³-hybridized carbons (Fsp3) is 0.226. The van der Waals surface area contributed by atoms with E-state index in [4.69, 9.17) is 5.63 Å². The van der Waals surface area contributed by atoms with Crippen molar-refractivity contribution in [1.29, 1.82) is 0 Å². The molecule has 0 amide bonds. The Hall–Kier alpha value is -5.54. The van der Waals surface area contributed by atoms with E-state index in [2.05, 4.69) is 238 Å². The maximum atomic E-state index is 8.61. The summed E-state index contributed by atoms with van der Waals surface area (Å²) in [6.07, 6.45) is 18.7. The van der Waals surface area contributed by atoms with E-state index >= 15 is 0 Å². The van der Waals surface area contributed by atoms with E-state index in [0.29, 0.717) is 0 Å². The van der Waals surface area contributed by atoms with Crippen LogP contribution in [0.4, 0.5) is 0 Å². The van der Waals surface area contributed by atoms with E-state index in [0.717, 1.165) is 11.5 Å². The summed E-state index contributed by atoms with van der Waals surface area (Å²) in [5.74, 6) is 1.98. The first kappa shape index (κ1) is 43.1. The summed E-state index contributed by atoms with van der Waals surface area (Å²) < 4.78 is 19.9. The second kappa shape index (κ2) is 15.5. The second-order valence-corrected chi connectivity index (χ2v) is 32.4. The summed E-state index contributed by atoms with van der Waals surface area (Å²) in [5.41, 5.74) is 17.7. The normalized spacial score (nSPS) is 19.2. The van der Waals surface area contributed by atoms with Crippen molar-refractivity contribution in [1.82, 2.24) is 0 Å². The fourth-order valence-electron chi connectivity index (χ4n) is 11.8. The van der Waals surface area contributed by atoms with Crippen LogP contribution >= 0.6 is 0 Å². The molecule has 66 heavy (non-hydrogen) atoms. The van der Waals surface area contributed by atoms with E-state index in [-0.39, 0.29) is 22.7 Å². The van der Waals surface area contributed by atoms with Crippen LogP contribution < -0.4 is 16.0 Å². The molecule has 6 aromatic rings. The van der Waals surface area contributed by atoms with Gasteiger partial charge in [0.15, 0.2) is 0 Å². The molecule has 0 radical (unpaired) electrons. The molecule has 0 spiro atoms. The Morgan fingerprint density at radius 3 is 1.29 bits per heavy atom. The third-order valence-electron chi connectivity index (χ3n) is 14.7. The van der Waals surface area contributed by atoms with Crippen molar-refractivity contribution in [2.24, 2.45) is 0 Å². The average Bonchev–Trinajstić information content (AvgIpc) is 3.82. The molecule has 4 aliphatic carbocycles. The van der Waals surface area contributed by atoms with Gasteiger partial charge in [-0.15, -0.1) is 0 Å². The van der Waals surface area contributed by atoms with E-state index < -0.39 is 29.2 Å². The summed E-state index contributed by atoms with van der Waals surface area (Å²) in [6.45, 7) is 23.6.